The Balaban J connectivity index is 1.26. The van der Waals surface area contributed by atoms with Gasteiger partial charge in [-0.25, -0.2) is 4.98 Å². The van der Waals surface area contributed by atoms with E-state index in [1.165, 1.54) is 24.2 Å². The Hall–Kier alpha value is -3.41. The number of carbonyl (C=O) groups is 2. The highest BCUT2D eigenvalue weighted by Crippen LogP contribution is 2.32. The van der Waals surface area contributed by atoms with Gasteiger partial charge in [-0.2, -0.15) is 0 Å². The number of anilines is 1. The third-order valence-electron chi connectivity index (χ3n) is 6.06. The quantitative estimate of drug-likeness (QED) is 0.444. The van der Waals surface area contributed by atoms with E-state index in [4.69, 9.17) is 4.74 Å². The minimum atomic E-state index is -0.219. The van der Waals surface area contributed by atoms with Crippen LogP contribution in [0, 0.1) is 0 Å². The molecule has 1 aromatic heterocycles. The van der Waals surface area contributed by atoms with Crippen LogP contribution in [-0.2, 0) is 0 Å². The number of benzene rings is 2. The van der Waals surface area contributed by atoms with E-state index in [2.05, 4.69) is 16.0 Å². The van der Waals surface area contributed by atoms with Crippen LogP contribution in [0.25, 0.3) is 10.8 Å². The Morgan fingerprint density at radius 1 is 0.839 bits per heavy atom. The molecule has 0 bridgehead atoms. The second-order valence-electron chi connectivity index (χ2n) is 8.04. The summed E-state index contributed by atoms with van der Waals surface area (Å²) in [6.45, 7) is 2.85. The fraction of sp³-hybridized carbons (Fsp3) is 0.320. The second kappa shape index (κ2) is 8.38. The number of ether oxygens (including phenoxy) is 1. The van der Waals surface area contributed by atoms with Crippen LogP contribution in [0.3, 0.4) is 0 Å². The maximum atomic E-state index is 12.5. The van der Waals surface area contributed by atoms with Crippen molar-refractivity contribution in [3.05, 3.63) is 65.9 Å². The van der Waals surface area contributed by atoms with Gasteiger partial charge in [0, 0.05) is 36.6 Å². The number of hydrogen-bond acceptors (Lipinski definition) is 5. The van der Waals surface area contributed by atoms with Crippen molar-refractivity contribution in [2.75, 3.05) is 31.1 Å². The van der Waals surface area contributed by atoms with Crippen LogP contribution in [0.2, 0.25) is 0 Å². The Morgan fingerprint density at radius 3 is 2.32 bits per heavy atom. The number of piperidine rings is 1. The Bertz CT molecular complexity index is 1100. The molecule has 2 aromatic carbocycles. The molecule has 6 heteroatoms. The van der Waals surface area contributed by atoms with Crippen molar-refractivity contribution in [1.82, 2.24) is 9.88 Å². The van der Waals surface area contributed by atoms with E-state index in [0.29, 0.717) is 30.7 Å². The monoisotopic (exact) mass is 415 g/mol. The highest BCUT2D eigenvalue weighted by molar-refractivity contribution is 6.21. The van der Waals surface area contributed by atoms with E-state index >= 15 is 0 Å². The van der Waals surface area contributed by atoms with Gasteiger partial charge >= 0.3 is 0 Å². The third-order valence-corrected chi connectivity index (χ3v) is 6.06. The molecule has 3 aromatic rings. The van der Waals surface area contributed by atoms with Crippen molar-refractivity contribution in [2.45, 2.75) is 25.7 Å². The fourth-order valence-corrected chi connectivity index (χ4v) is 4.49. The lowest BCUT2D eigenvalue weighted by molar-refractivity contribution is 0.0647. The van der Waals surface area contributed by atoms with Crippen molar-refractivity contribution < 1.29 is 14.3 Å². The normalized spacial score (nSPS) is 16.1. The summed E-state index contributed by atoms with van der Waals surface area (Å²) in [5.41, 5.74) is 0.973. The summed E-state index contributed by atoms with van der Waals surface area (Å²) in [5, 5.41) is 2.14. The highest BCUT2D eigenvalue weighted by atomic mass is 16.5. The number of nitrogens with zero attached hydrogens (tertiary/aromatic N) is 3. The minimum absolute atomic E-state index is 0.219. The Labute approximate surface area is 181 Å². The van der Waals surface area contributed by atoms with Crippen molar-refractivity contribution in [3.8, 4) is 5.75 Å². The Kier molecular flexibility index (Phi) is 5.28. The van der Waals surface area contributed by atoms with Gasteiger partial charge in [-0.3, -0.25) is 14.5 Å². The smallest absolute Gasteiger partial charge is 0.261 e. The zero-order chi connectivity index (χ0) is 21.2. The SMILES string of the molecule is O=C1c2ccccc2C(=O)N1CCCOc1cccc2c(N3CCCCC3)nccc12. The van der Waals surface area contributed by atoms with Crippen LogP contribution in [0.5, 0.6) is 5.75 Å². The zero-order valence-corrected chi connectivity index (χ0v) is 17.4. The van der Waals surface area contributed by atoms with Crippen LogP contribution < -0.4 is 9.64 Å². The van der Waals surface area contributed by atoms with Crippen LogP contribution in [0.1, 0.15) is 46.4 Å². The molecule has 0 spiro atoms. The molecule has 31 heavy (non-hydrogen) atoms. The predicted octanol–water partition coefficient (Wildman–Crippen LogP) is 4.29. The van der Waals surface area contributed by atoms with Crippen LogP contribution in [-0.4, -0.2) is 47.9 Å². The lowest BCUT2D eigenvalue weighted by Crippen LogP contribution is -2.31. The molecule has 2 amide bonds. The van der Waals surface area contributed by atoms with E-state index in [9.17, 15) is 9.59 Å². The average Bonchev–Trinajstić information content (AvgIpc) is 3.07. The summed E-state index contributed by atoms with van der Waals surface area (Å²) < 4.78 is 6.07. The molecule has 0 aliphatic carbocycles. The lowest BCUT2D eigenvalue weighted by atomic mass is 10.1. The molecule has 3 heterocycles. The zero-order valence-electron chi connectivity index (χ0n) is 17.4. The second-order valence-corrected chi connectivity index (χ2v) is 8.04. The van der Waals surface area contributed by atoms with Gasteiger partial charge < -0.3 is 9.64 Å². The first-order valence-corrected chi connectivity index (χ1v) is 10.9. The van der Waals surface area contributed by atoms with Gasteiger partial charge in [0.1, 0.15) is 11.6 Å². The van der Waals surface area contributed by atoms with E-state index < -0.39 is 0 Å². The number of fused-ring (bicyclic) bond motifs is 2. The maximum Gasteiger partial charge on any atom is 0.261 e. The maximum absolute atomic E-state index is 12.5. The molecule has 5 rings (SSSR count). The number of imide groups is 1. The molecule has 0 N–H and O–H groups in total. The van der Waals surface area contributed by atoms with E-state index in [-0.39, 0.29) is 11.8 Å². The number of hydrogen-bond donors (Lipinski definition) is 0. The van der Waals surface area contributed by atoms with Gasteiger partial charge in [-0.1, -0.05) is 24.3 Å². The molecular weight excluding hydrogens is 390 g/mol. The van der Waals surface area contributed by atoms with Gasteiger partial charge in [0.15, 0.2) is 0 Å². The van der Waals surface area contributed by atoms with Crippen molar-refractivity contribution in [3.63, 3.8) is 0 Å². The van der Waals surface area contributed by atoms with Crippen molar-refractivity contribution in [2.24, 2.45) is 0 Å². The van der Waals surface area contributed by atoms with Crippen LogP contribution >= 0.6 is 0 Å². The molecular formula is C25H25N3O3. The van der Waals surface area contributed by atoms with Crippen molar-refractivity contribution in [1.29, 1.82) is 0 Å². The minimum Gasteiger partial charge on any atom is -0.493 e. The first-order valence-electron chi connectivity index (χ1n) is 10.9. The number of aromatic nitrogens is 1. The summed E-state index contributed by atoms with van der Waals surface area (Å²) in [6, 6.07) is 15.0. The molecule has 2 aliphatic rings. The largest absolute Gasteiger partial charge is 0.493 e. The van der Waals surface area contributed by atoms with E-state index in [0.717, 1.165) is 35.4 Å². The predicted molar refractivity (Wildman–Crippen MR) is 120 cm³/mol. The molecule has 1 saturated heterocycles. The van der Waals surface area contributed by atoms with Gasteiger partial charge in [0.25, 0.3) is 11.8 Å². The van der Waals surface area contributed by atoms with Gasteiger partial charge in [0.2, 0.25) is 0 Å². The summed E-state index contributed by atoms with van der Waals surface area (Å²) in [7, 11) is 0. The summed E-state index contributed by atoms with van der Waals surface area (Å²) in [4.78, 5) is 33.3. The molecule has 0 saturated carbocycles. The fourth-order valence-electron chi connectivity index (χ4n) is 4.49. The number of pyridine rings is 1. The summed E-state index contributed by atoms with van der Waals surface area (Å²) in [6.07, 6.45) is 6.10. The topological polar surface area (TPSA) is 62.7 Å². The summed E-state index contributed by atoms with van der Waals surface area (Å²) in [5.74, 6) is 1.39. The highest BCUT2D eigenvalue weighted by Gasteiger charge is 2.34. The first-order chi connectivity index (χ1) is 15.2. The van der Waals surface area contributed by atoms with Crippen molar-refractivity contribution >= 4 is 28.4 Å². The number of amides is 2. The lowest BCUT2D eigenvalue weighted by Gasteiger charge is -2.28. The average molecular weight is 415 g/mol. The van der Waals surface area contributed by atoms with Crippen LogP contribution in [0.4, 0.5) is 5.82 Å². The molecule has 1 fully saturated rings. The standard InChI is InChI=1S/C25H25N3O3/c29-24-20-8-2-3-9-21(20)25(30)28(24)16-7-17-31-22-11-6-10-19-18(22)12-13-26-23(19)27-14-4-1-5-15-27/h2-3,6,8-13H,1,4-5,7,14-17H2. The van der Waals surface area contributed by atoms with Crippen LogP contribution in [0.15, 0.2) is 54.7 Å². The first kappa shape index (κ1) is 19.5. The van der Waals surface area contributed by atoms with Gasteiger partial charge in [-0.15, -0.1) is 0 Å². The van der Waals surface area contributed by atoms with Gasteiger partial charge in [-0.05, 0) is 49.9 Å². The number of rotatable bonds is 6. The molecule has 0 atom stereocenters. The van der Waals surface area contributed by atoms with Gasteiger partial charge in [0.05, 0.1) is 17.7 Å². The third kappa shape index (κ3) is 3.63. The Morgan fingerprint density at radius 2 is 1.58 bits per heavy atom. The molecule has 2 aliphatic heterocycles. The summed E-state index contributed by atoms with van der Waals surface area (Å²) >= 11 is 0. The van der Waals surface area contributed by atoms with E-state index in [1.54, 1.807) is 24.3 Å². The number of carbonyl (C=O) groups excluding carboxylic acids is 2. The molecule has 0 unspecified atom stereocenters. The molecule has 0 radical (unpaired) electrons. The molecule has 6 nitrogen and oxygen atoms in total. The van der Waals surface area contributed by atoms with E-state index in [1.807, 2.05) is 24.4 Å². The molecule has 158 valence electrons.